The number of carbonyl (C=O) groups is 1. The maximum absolute atomic E-state index is 13.1. The summed E-state index contributed by atoms with van der Waals surface area (Å²) in [6.07, 6.45) is 0. The SMILES string of the molecule is C[C@@H](NCC(=O)Nc1ccc(F)cc1)c1cccc(F)c1. The second-order valence-electron chi connectivity index (χ2n) is 4.71. The lowest BCUT2D eigenvalue weighted by atomic mass is 10.1. The lowest BCUT2D eigenvalue weighted by Crippen LogP contribution is -2.30. The molecule has 1 atom stereocenters. The number of carbonyl (C=O) groups excluding carboxylic acids is 1. The van der Waals surface area contributed by atoms with Crippen LogP contribution >= 0.6 is 0 Å². The first-order valence-corrected chi connectivity index (χ1v) is 6.59. The van der Waals surface area contributed by atoms with E-state index in [0.29, 0.717) is 5.69 Å². The molecule has 21 heavy (non-hydrogen) atoms. The van der Waals surface area contributed by atoms with E-state index in [1.165, 1.54) is 36.4 Å². The summed E-state index contributed by atoms with van der Waals surface area (Å²) in [4.78, 5) is 11.8. The first-order chi connectivity index (χ1) is 10.0. The van der Waals surface area contributed by atoms with Gasteiger partial charge in [-0.2, -0.15) is 0 Å². The molecule has 0 fully saturated rings. The largest absolute Gasteiger partial charge is 0.325 e. The summed E-state index contributed by atoms with van der Waals surface area (Å²) in [6, 6.07) is 11.6. The van der Waals surface area contributed by atoms with Crippen molar-refractivity contribution in [1.29, 1.82) is 0 Å². The highest BCUT2D eigenvalue weighted by atomic mass is 19.1. The van der Waals surface area contributed by atoms with Gasteiger partial charge < -0.3 is 10.6 Å². The van der Waals surface area contributed by atoms with Crippen LogP contribution in [0, 0.1) is 11.6 Å². The van der Waals surface area contributed by atoms with Crippen LogP contribution in [0.4, 0.5) is 14.5 Å². The molecule has 5 heteroatoms. The Morgan fingerprint density at radius 1 is 1.10 bits per heavy atom. The summed E-state index contributed by atoms with van der Waals surface area (Å²) in [5.41, 5.74) is 1.30. The highest BCUT2D eigenvalue weighted by Crippen LogP contribution is 2.13. The lowest BCUT2D eigenvalue weighted by Gasteiger charge is -2.14. The Hall–Kier alpha value is -2.27. The molecule has 110 valence electrons. The minimum Gasteiger partial charge on any atom is -0.325 e. The molecule has 0 heterocycles. The van der Waals surface area contributed by atoms with Crippen molar-refractivity contribution < 1.29 is 13.6 Å². The van der Waals surface area contributed by atoms with Crippen molar-refractivity contribution in [2.24, 2.45) is 0 Å². The topological polar surface area (TPSA) is 41.1 Å². The van der Waals surface area contributed by atoms with Crippen LogP contribution in [0.25, 0.3) is 0 Å². The zero-order valence-electron chi connectivity index (χ0n) is 11.6. The van der Waals surface area contributed by atoms with Crippen molar-refractivity contribution >= 4 is 11.6 Å². The van der Waals surface area contributed by atoms with Gasteiger partial charge in [-0.25, -0.2) is 8.78 Å². The smallest absolute Gasteiger partial charge is 0.238 e. The fourth-order valence-electron chi connectivity index (χ4n) is 1.88. The maximum Gasteiger partial charge on any atom is 0.238 e. The van der Waals surface area contributed by atoms with Gasteiger partial charge in [-0.15, -0.1) is 0 Å². The van der Waals surface area contributed by atoms with Gasteiger partial charge in [0.1, 0.15) is 11.6 Å². The second-order valence-corrected chi connectivity index (χ2v) is 4.71. The van der Waals surface area contributed by atoms with Gasteiger partial charge in [-0.05, 0) is 48.9 Å². The molecular formula is C16H16F2N2O. The van der Waals surface area contributed by atoms with Gasteiger partial charge >= 0.3 is 0 Å². The van der Waals surface area contributed by atoms with E-state index in [0.717, 1.165) is 5.56 Å². The molecule has 2 aromatic rings. The van der Waals surface area contributed by atoms with Crippen LogP contribution in [-0.2, 0) is 4.79 Å². The highest BCUT2D eigenvalue weighted by molar-refractivity contribution is 5.92. The Morgan fingerprint density at radius 2 is 1.81 bits per heavy atom. The van der Waals surface area contributed by atoms with Crippen LogP contribution < -0.4 is 10.6 Å². The Labute approximate surface area is 122 Å². The number of rotatable bonds is 5. The number of benzene rings is 2. The summed E-state index contributed by atoms with van der Waals surface area (Å²) in [5.74, 6) is -0.910. The van der Waals surface area contributed by atoms with Crippen LogP contribution in [0.2, 0.25) is 0 Å². The van der Waals surface area contributed by atoms with E-state index in [1.807, 2.05) is 6.92 Å². The minimum atomic E-state index is -0.356. The zero-order chi connectivity index (χ0) is 15.2. The molecule has 3 nitrogen and oxygen atoms in total. The molecular weight excluding hydrogens is 274 g/mol. The second kappa shape index (κ2) is 6.95. The van der Waals surface area contributed by atoms with E-state index in [1.54, 1.807) is 12.1 Å². The molecule has 0 saturated heterocycles. The maximum atomic E-state index is 13.1. The Morgan fingerprint density at radius 3 is 2.48 bits per heavy atom. The summed E-state index contributed by atoms with van der Waals surface area (Å²) < 4.78 is 25.9. The van der Waals surface area contributed by atoms with Gasteiger partial charge in [0.05, 0.1) is 6.54 Å². The molecule has 2 rings (SSSR count). The Bertz CT molecular complexity index is 614. The van der Waals surface area contributed by atoms with Gasteiger partial charge in [0.25, 0.3) is 0 Å². The molecule has 0 aliphatic carbocycles. The first kappa shape index (κ1) is 15.1. The van der Waals surface area contributed by atoms with Crippen molar-refractivity contribution in [2.45, 2.75) is 13.0 Å². The molecule has 0 unspecified atom stereocenters. The molecule has 2 aromatic carbocycles. The molecule has 0 aliphatic rings. The predicted molar refractivity (Wildman–Crippen MR) is 77.8 cm³/mol. The molecule has 0 spiro atoms. The predicted octanol–water partition coefficient (Wildman–Crippen LogP) is 3.25. The monoisotopic (exact) mass is 290 g/mol. The number of hydrogen-bond acceptors (Lipinski definition) is 2. The molecule has 0 bridgehead atoms. The quantitative estimate of drug-likeness (QED) is 0.887. The van der Waals surface area contributed by atoms with Crippen molar-refractivity contribution in [1.82, 2.24) is 5.32 Å². The summed E-state index contributed by atoms with van der Waals surface area (Å²) >= 11 is 0. The van der Waals surface area contributed by atoms with E-state index < -0.39 is 0 Å². The van der Waals surface area contributed by atoms with Crippen molar-refractivity contribution in [3.63, 3.8) is 0 Å². The summed E-state index contributed by atoms with van der Waals surface area (Å²) in [6.45, 7) is 1.93. The third kappa shape index (κ3) is 4.65. The van der Waals surface area contributed by atoms with Crippen LogP contribution in [0.15, 0.2) is 48.5 Å². The van der Waals surface area contributed by atoms with E-state index in [2.05, 4.69) is 10.6 Å². The van der Waals surface area contributed by atoms with Crippen molar-refractivity contribution in [3.8, 4) is 0 Å². The number of nitrogens with one attached hydrogen (secondary N) is 2. The summed E-state index contributed by atoms with van der Waals surface area (Å²) in [5, 5.41) is 5.65. The van der Waals surface area contributed by atoms with Gasteiger partial charge in [0, 0.05) is 11.7 Å². The third-order valence-electron chi connectivity index (χ3n) is 3.05. The molecule has 0 aromatic heterocycles. The fourth-order valence-corrected chi connectivity index (χ4v) is 1.88. The van der Waals surface area contributed by atoms with Gasteiger partial charge in [0.2, 0.25) is 5.91 Å². The van der Waals surface area contributed by atoms with Gasteiger partial charge in [-0.3, -0.25) is 4.79 Å². The normalized spacial score (nSPS) is 12.0. The Kier molecular flexibility index (Phi) is 5.00. The van der Waals surface area contributed by atoms with E-state index >= 15 is 0 Å². The number of hydrogen-bond donors (Lipinski definition) is 2. The first-order valence-electron chi connectivity index (χ1n) is 6.59. The van der Waals surface area contributed by atoms with Crippen LogP contribution in [0.1, 0.15) is 18.5 Å². The van der Waals surface area contributed by atoms with Crippen molar-refractivity contribution in [3.05, 3.63) is 65.7 Å². The number of amides is 1. The number of anilines is 1. The standard InChI is InChI=1S/C16H16F2N2O/c1-11(12-3-2-4-14(18)9-12)19-10-16(21)20-15-7-5-13(17)6-8-15/h2-9,11,19H,10H2,1H3,(H,20,21)/t11-/m1/s1. The summed E-state index contributed by atoms with van der Waals surface area (Å²) in [7, 11) is 0. The molecule has 1 amide bonds. The van der Waals surface area contributed by atoms with Gasteiger partial charge in [0.15, 0.2) is 0 Å². The average molecular weight is 290 g/mol. The fraction of sp³-hybridized carbons (Fsp3) is 0.188. The average Bonchev–Trinajstić information content (AvgIpc) is 2.47. The lowest BCUT2D eigenvalue weighted by molar-refractivity contribution is -0.115. The van der Waals surface area contributed by atoms with Gasteiger partial charge in [-0.1, -0.05) is 12.1 Å². The highest BCUT2D eigenvalue weighted by Gasteiger charge is 2.08. The van der Waals surface area contributed by atoms with E-state index in [9.17, 15) is 13.6 Å². The minimum absolute atomic E-state index is 0.0784. The van der Waals surface area contributed by atoms with Crippen LogP contribution in [0.3, 0.4) is 0 Å². The van der Waals surface area contributed by atoms with Crippen LogP contribution in [0.5, 0.6) is 0 Å². The third-order valence-corrected chi connectivity index (χ3v) is 3.05. The zero-order valence-corrected chi connectivity index (χ0v) is 11.6. The molecule has 0 radical (unpaired) electrons. The number of halogens is 2. The van der Waals surface area contributed by atoms with E-state index in [-0.39, 0.29) is 30.1 Å². The molecule has 0 saturated carbocycles. The molecule has 2 N–H and O–H groups in total. The Balaban J connectivity index is 1.84. The van der Waals surface area contributed by atoms with E-state index in [4.69, 9.17) is 0 Å². The van der Waals surface area contributed by atoms with Crippen LogP contribution in [-0.4, -0.2) is 12.5 Å². The van der Waals surface area contributed by atoms with Crippen molar-refractivity contribution in [2.75, 3.05) is 11.9 Å². The molecule has 0 aliphatic heterocycles.